The van der Waals surface area contributed by atoms with E-state index in [4.69, 9.17) is 45.0 Å². The van der Waals surface area contributed by atoms with Crippen molar-refractivity contribution < 1.29 is 56.6 Å². The Morgan fingerprint density at radius 3 is 2.47 bits per heavy atom. The quantitative estimate of drug-likeness (QED) is 0.00652. The van der Waals surface area contributed by atoms with Crippen LogP contribution in [0.1, 0.15) is 76.1 Å². The molecule has 5 N–H and O–H groups in total. The Morgan fingerprint density at radius 1 is 0.935 bits per heavy atom. The first-order valence-corrected chi connectivity index (χ1v) is 30.5. The number of allylic oxidation sites excluding steroid dienone is 3. The monoisotopic (exact) mass is 1270 g/mol. The topological polar surface area (TPSA) is 344 Å². The van der Waals surface area contributed by atoms with Gasteiger partial charge in [0.15, 0.2) is 24.2 Å². The number of nitrogens with two attached hydrogens (primary N) is 1. The molecule has 92 heavy (non-hydrogen) atoms. The van der Waals surface area contributed by atoms with E-state index in [1.807, 2.05) is 30.3 Å². The zero-order chi connectivity index (χ0) is 65.0. The van der Waals surface area contributed by atoms with Crippen LogP contribution in [0.4, 0.5) is 17.2 Å². The lowest BCUT2D eigenvalue weighted by Crippen LogP contribution is -2.40. The van der Waals surface area contributed by atoms with Crippen LogP contribution >= 0.6 is 8.25 Å². The second-order valence-electron chi connectivity index (χ2n) is 21.8. The zero-order valence-electron chi connectivity index (χ0n) is 51.1. The van der Waals surface area contributed by atoms with E-state index in [2.05, 4.69) is 174 Å². The average Bonchev–Trinajstić information content (AvgIpc) is 1.60. The molecule has 0 aliphatic carbocycles. The van der Waals surface area contributed by atoms with Gasteiger partial charge in [-0.05, 0) is 74.8 Å². The number of hydrogen-bond donors (Lipinski definition) is 4. The number of fused-ring (bicyclic) bond motifs is 2. The van der Waals surface area contributed by atoms with Crippen LogP contribution in [-0.2, 0) is 56.0 Å². The van der Waals surface area contributed by atoms with Gasteiger partial charge in [-0.25, -0.2) is 9.97 Å². The van der Waals surface area contributed by atoms with Gasteiger partial charge < -0.3 is 59.7 Å². The number of ether oxygens (including phenoxy) is 5. The number of hydrogen-bond acceptors (Lipinski definition) is 17. The lowest BCUT2D eigenvalue weighted by Gasteiger charge is -2.27. The van der Waals surface area contributed by atoms with Gasteiger partial charge in [0.25, 0.3) is 5.91 Å². The van der Waals surface area contributed by atoms with E-state index in [1.54, 1.807) is 29.0 Å². The average molecular weight is 1270 g/mol. The zero-order valence-corrected chi connectivity index (χ0v) is 52.0. The number of amides is 3. The minimum Gasteiger partial charge on any atom is -0.566 e. The SMILES string of the molecule is Cc1cc(C=CC=C2N(c3ccccc3)c3ccccc3C2(C)C)cc(C)[n+]1Cc1ccc(CC(=O)NCCNC(=O)c2cccc(OCC(N=[N+]=[N-])OCCOCC(=O)NCC#Cc3cn(C4CC(OCN=[N+]=[N-])C(CO[P+](=O)[O-])O4)c4ncnc(N)c34)c2)cc1. The van der Waals surface area contributed by atoms with Crippen molar-refractivity contribution in [2.75, 3.05) is 70.0 Å². The Balaban J connectivity index is 0.659. The smallest absolute Gasteiger partial charge is 0.488 e. The van der Waals surface area contributed by atoms with Crippen LogP contribution in [0.15, 0.2) is 156 Å². The van der Waals surface area contributed by atoms with Crippen molar-refractivity contribution in [3.63, 3.8) is 0 Å². The number of nitrogen functional groups attached to an aromatic ring is 1. The molecule has 2 aliphatic heterocycles. The fourth-order valence-corrected chi connectivity index (χ4v) is 11.1. The molecular formula is C65H69N15O11P+. The fourth-order valence-electron chi connectivity index (χ4n) is 10.8. The first-order valence-electron chi connectivity index (χ1n) is 29.5. The van der Waals surface area contributed by atoms with Crippen molar-refractivity contribution in [1.29, 1.82) is 0 Å². The molecule has 2 aliphatic rings. The molecule has 0 saturated carbocycles. The Morgan fingerprint density at radius 2 is 1.70 bits per heavy atom. The highest BCUT2D eigenvalue weighted by Gasteiger charge is 2.41. The summed E-state index contributed by atoms with van der Waals surface area (Å²) >= 11 is 0. The summed E-state index contributed by atoms with van der Waals surface area (Å²) < 4.78 is 48.3. The molecule has 4 aromatic carbocycles. The van der Waals surface area contributed by atoms with Crippen molar-refractivity contribution in [2.45, 2.75) is 77.2 Å². The number of carbonyl (C=O) groups excluding carboxylic acids is 3. The van der Waals surface area contributed by atoms with Crippen molar-refractivity contribution in [3.8, 4) is 17.6 Å². The van der Waals surface area contributed by atoms with Crippen molar-refractivity contribution in [3.05, 3.63) is 211 Å². The van der Waals surface area contributed by atoms with Gasteiger partial charge in [0.1, 0.15) is 62.4 Å². The van der Waals surface area contributed by atoms with Crippen molar-refractivity contribution in [2.24, 2.45) is 10.2 Å². The Kier molecular flexibility index (Phi) is 23.2. The molecule has 5 atom stereocenters. The minimum absolute atomic E-state index is 0.0401. The standard InChI is InChI=1S/C65H68N15O11P/c1-43-31-47(13-10-21-56-65(3,4)52-19-8-9-20-53(52)80(56)50-16-6-5-7-17-50)32-44(2)78(43)36-46-24-22-45(23-25-46)33-57(81)70-27-28-71-64(83)48-14-11-18-51(34-48)88-40-59(75-77-68)87-30-29-86-39-58(82)69-26-12-15-49-37-79(63-61(49)62(66)72-41-73-63)60-35-54(89-42-74-76-67)55(91-60)38-90-92(84)85/h5-11,13-14,16-25,31-32,34,37,41,54-55,59-60H,26-30,33,35-36,38-40,42H2,1-4H3,(H4-,66,69,70,71,72,73,81,82,83)/p+1. The molecule has 5 unspecified atom stereocenters. The Hall–Kier alpha value is -10.0. The summed E-state index contributed by atoms with van der Waals surface area (Å²) in [6.45, 7) is 8.51. The number of rotatable bonds is 29. The van der Waals surface area contributed by atoms with Gasteiger partial charge in [0.2, 0.25) is 11.8 Å². The summed E-state index contributed by atoms with van der Waals surface area (Å²) in [6.07, 6.45) is 6.50. The molecule has 1 saturated heterocycles. The number of carbonyl (C=O) groups is 3. The van der Waals surface area contributed by atoms with Crippen LogP contribution in [0.25, 0.3) is 38.0 Å². The molecule has 7 aromatic rings. The predicted molar refractivity (Wildman–Crippen MR) is 340 cm³/mol. The maximum absolute atomic E-state index is 13.1. The van der Waals surface area contributed by atoms with Gasteiger partial charge in [0.05, 0.1) is 43.2 Å². The minimum atomic E-state index is -3.16. The third kappa shape index (κ3) is 17.5. The van der Waals surface area contributed by atoms with Gasteiger partial charge in [-0.3, -0.25) is 14.4 Å². The summed E-state index contributed by atoms with van der Waals surface area (Å²) in [5.74, 6) is 5.23. The van der Waals surface area contributed by atoms with Crippen LogP contribution in [0, 0.1) is 25.7 Å². The number of para-hydroxylation sites is 2. The van der Waals surface area contributed by atoms with E-state index in [0.29, 0.717) is 34.5 Å². The van der Waals surface area contributed by atoms with Crippen LogP contribution in [0.5, 0.6) is 5.75 Å². The number of nitrogens with one attached hydrogen (secondary N) is 3. The van der Waals surface area contributed by atoms with E-state index in [0.717, 1.165) is 33.8 Å². The molecule has 3 amide bonds. The van der Waals surface area contributed by atoms with E-state index < -0.39 is 38.8 Å². The molecule has 0 bridgehead atoms. The molecule has 474 valence electrons. The summed E-state index contributed by atoms with van der Waals surface area (Å²) in [4.78, 5) is 66.0. The Bertz CT molecular complexity index is 3990. The van der Waals surface area contributed by atoms with Crippen LogP contribution in [0.2, 0.25) is 0 Å². The molecule has 26 nitrogen and oxygen atoms in total. The van der Waals surface area contributed by atoms with E-state index >= 15 is 0 Å². The van der Waals surface area contributed by atoms with Crippen LogP contribution < -0.4 is 40.8 Å². The number of pyridine rings is 1. The second-order valence-corrected chi connectivity index (χ2v) is 22.5. The fraction of sp³-hybridized carbons (Fsp3) is 0.323. The summed E-state index contributed by atoms with van der Waals surface area (Å²) in [5.41, 5.74) is 35.1. The van der Waals surface area contributed by atoms with Gasteiger partial charge in [0, 0.05) is 95.1 Å². The molecule has 27 heteroatoms. The molecule has 0 spiro atoms. The van der Waals surface area contributed by atoms with E-state index in [1.165, 1.54) is 29.3 Å². The van der Waals surface area contributed by atoms with Gasteiger partial charge in [-0.1, -0.05) is 115 Å². The largest absolute Gasteiger partial charge is 0.566 e. The van der Waals surface area contributed by atoms with Gasteiger partial charge >= 0.3 is 8.25 Å². The van der Waals surface area contributed by atoms with Gasteiger partial charge in [-0.2, -0.15) is 4.57 Å². The highest BCUT2D eigenvalue weighted by Crippen LogP contribution is 2.51. The first-order chi connectivity index (χ1) is 44.6. The normalized spacial score (nSPS) is 16.4. The summed E-state index contributed by atoms with van der Waals surface area (Å²) in [5, 5.41) is 15.7. The highest BCUT2D eigenvalue weighted by molar-refractivity contribution is 7.30. The molecule has 0 radical (unpaired) electrons. The number of nitrogens with zero attached hydrogens (tertiary/aromatic N) is 11. The van der Waals surface area contributed by atoms with Gasteiger partial charge in [-0.15, -0.1) is 4.52 Å². The maximum atomic E-state index is 13.1. The number of azide groups is 2. The molecule has 1 fully saturated rings. The van der Waals surface area contributed by atoms with E-state index in [9.17, 15) is 23.8 Å². The summed E-state index contributed by atoms with van der Waals surface area (Å²) in [6, 6.07) is 37.9. The molecule has 3 aromatic heterocycles. The van der Waals surface area contributed by atoms with E-state index in [-0.39, 0.29) is 95.3 Å². The molecule has 5 heterocycles. The van der Waals surface area contributed by atoms with Crippen molar-refractivity contribution >= 4 is 60.3 Å². The number of aromatic nitrogens is 4. The number of anilines is 3. The Labute approximate surface area is 531 Å². The third-order valence-corrected chi connectivity index (χ3v) is 15.6. The van der Waals surface area contributed by atoms with Crippen LogP contribution in [-0.4, -0.2) is 110 Å². The lowest BCUT2D eigenvalue weighted by atomic mass is 9.83. The first kappa shape index (κ1) is 66.4. The highest BCUT2D eigenvalue weighted by atomic mass is 31.1. The van der Waals surface area contributed by atoms with Crippen LogP contribution in [0.3, 0.4) is 0 Å². The van der Waals surface area contributed by atoms with Crippen molar-refractivity contribution in [1.82, 2.24) is 30.5 Å². The molecule has 9 rings (SSSR count). The predicted octanol–water partition coefficient (Wildman–Crippen LogP) is 8.27. The summed E-state index contributed by atoms with van der Waals surface area (Å²) in [7, 11) is -3.16. The molecular weight excluding hydrogens is 1200 g/mol. The second kappa shape index (κ2) is 32.1. The maximum Gasteiger partial charge on any atom is 0.488 e. The third-order valence-electron chi connectivity index (χ3n) is 15.2. The number of aryl methyl sites for hydroxylation is 2. The lowest BCUT2D eigenvalue weighted by molar-refractivity contribution is -0.700. The number of benzene rings is 4.